The lowest BCUT2D eigenvalue weighted by Gasteiger charge is -1.92. The molecule has 0 amide bonds. The number of benzene rings is 1. The molecule has 0 aliphatic heterocycles. The van der Waals surface area contributed by atoms with E-state index in [4.69, 9.17) is 4.42 Å². The standard InChI is InChI=1S/C14H15NO/c1-2-3-5-10-13-11-15-14(16-13)12-8-6-4-7-9-12/h4-11H,2-3H2,1H3/b10-5+. The van der Waals surface area contributed by atoms with Gasteiger partial charge in [0.1, 0.15) is 5.76 Å². The number of nitrogens with zero attached hydrogens (tertiary/aromatic N) is 1. The minimum Gasteiger partial charge on any atom is -0.437 e. The summed E-state index contributed by atoms with van der Waals surface area (Å²) >= 11 is 0. The first-order valence-corrected chi connectivity index (χ1v) is 5.58. The molecule has 2 aromatic rings. The predicted molar refractivity (Wildman–Crippen MR) is 65.9 cm³/mol. The van der Waals surface area contributed by atoms with Crippen LogP contribution >= 0.6 is 0 Å². The van der Waals surface area contributed by atoms with Crippen molar-refractivity contribution in [3.8, 4) is 11.5 Å². The fourth-order valence-corrected chi connectivity index (χ4v) is 1.44. The highest BCUT2D eigenvalue weighted by Crippen LogP contribution is 2.19. The van der Waals surface area contributed by atoms with Gasteiger partial charge in [-0.1, -0.05) is 37.6 Å². The van der Waals surface area contributed by atoms with E-state index in [0.29, 0.717) is 5.89 Å². The van der Waals surface area contributed by atoms with E-state index < -0.39 is 0 Å². The average molecular weight is 213 g/mol. The quantitative estimate of drug-likeness (QED) is 0.762. The Kier molecular flexibility index (Phi) is 3.54. The van der Waals surface area contributed by atoms with Gasteiger partial charge in [-0.25, -0.2) is 4.98 Å². The summed E-state index contributed by atoms with van der Waals surface area (Å²) in [6.07, 6.45) is 8.06. The van der Waals surface area contributed by atoms with Crippen molar-refractivity contribution in [2.45, 2.75) is 19.8 Å². The molecule has 0 unspecified atom stereocenters. The first-order chi connectivity index (χ1) is 7.90. The maximum Gasteiger partial charge on any atom is 0.226 e. The summed E-state index contributed by atoms with van der Waals surface area (Å²) in [7, 11) is 0. The maximum atomic E-state index is 5.62. The molecule has 0 N–H and O–H groups in total. The molecule has 0 saturated heterocycles. The summed E-state index contributed by atoms with van der Waals surface area (Å²) in [4.78, 5) is 4.25. The zero-order valence-electron chi connectivity index (χ0n) is 9.39. The van der Waals surface area contributed by atoms with Crippen LogP contribution in [0.3, 0.4) is 0 Å². The number of allylic oxidation sites excluding steroid dienone is 1. The molecule has 0 aliphatic rings. The number of hydrogen-bond donors (Lipinski definition) is 0. The van der Waals surface area contributed by atoms with Gasteiger partial charge in [0, 0.05) is 5.56 Å². The third-order valence-corrected chi connectivity index (χ3v) is 2.28. The summed E-state index contributed by atoms with van der Waals surface area (Å²) in [6, 6.07) is 9.92. The predicted octanol–water partition coefficient (Wildman–Crippen LogP) is 4.15. The molecule has 0 bridgehead atoms. The zero-order chi connectivity index (χ0) is 11.2. The van der Waals surface area contributed by atoms with Crippen molar-refractivity contribution >= 4 is 6.08 Å². The zero-order valence-corrected chi connectivity index (χ0v) is 9.39. The lowest BCUT2D eigenvalue weighted by Crippen LogP contribution is -1.73. The molecule has 0 spiro atoms. The van der Waals surface area contributed by atoms with Crippen LogP contribution in [0.15, 0.2) is 47.0 Å². The second kappa shape index (κ2) is 5.31. The van der Waals surface area contributed by atoms with Crippen molar-refractivity contribution in [1.82, 2.24) is 4.98 Å². The number of aromatic nitrogens is 1. The van der Waals surface area contributed by atoms with E-state index in [-0.39, 0.29) is 0 Å². The summed E-state index contributed by atoms with van der Waals surface area (Å²) in [5, 5.41) is 0. The Labute approximate surface area is 95.6 Å². The molecule has 82 valence electrons. The van der Waals surface area contributed by atoms with E-state index in [9.17, 15) is 0 Å². The van der Waals surface area contributed by atoms with E-state index >= 15 is 0 Å². The van der Waals surface area contributed by atoms with Gasteiger partial charge in [-0.2, -0.15) is 0 Å². The Bertz CT molecular complexity index is 457. The maximum absolute atomic E-state index is 5.62. The summed E-state index contributed by atoms with van der Waals surface area (Å²) in [5.41, 5.74) is 1.01. The number of rotatable bonds is 4. The first kappa shape index (κ1) is 10.7. The minimum absolute atomic E-state index is 0.678. The molecule has 2 heteroatoms. The van der Waals surface area contributed by atoms with Gasteiger partial charge in [0.05, 0.1) is 6.20 Å². The normalized spacial score (nSPS) is 11.1. The van der Waals surface area contributed by atoms with Crippen LogP contribution in [0.4, 0.5) is 0 Å². The molecular formula is C14H15NO. The number of unbranched alkanes of at least 4 members (excludes halogenated alkanes) is 1. The van der Waals surface area contributed by atoms with E-state index in [0.717, 1.165) is 24.2 Å². The molecule has 0 saturated carbocycles. The molecule has 2 nitrogen and oxygen atoms in total. The Morgan fingerprint density at radius 2 is 2.06 bits per heavy atom. The van der Waals surface area contributed by atoms with Crippen LogP contribution < -0.4 is 0 Å². The molecule has 16 heavy (non-hydrogen) atoms. The van der Waals surface area contributed by atoms with E-state index in [1.807, 2.05) is 36.4 Å². The van der Waals surface area contributed by atoms with Gasteiger partial charge in [0.2, 0.25) is 5.89 Å². The van der Waals surface area contributed by atoms with Crippen LogP contribution in [0.2, 0.25) is 0 Å². The Balaban J connectivity index is 2.14. The third kappa shape index (κ3) is 2.60. The topological polar surface area (TPSA) is 26.0 Å². The Morgan fingerprint density at radius 1 is 1.25 bits per heavy atom. The molecule has 2 rings (SSSR count). The van der Waals surface area contributed by atoms with E-state index in [1.165, 1.54) is 0 Å². The van der Waals surface area contributed by atoms with Crippen molar-refractivity contribution in [2.75, 3.05) is 0 Å². The molecule has 0 fully saturated rings. The van der Waals surface area contributed by atoms with Gasteiger partial charge >= 0.3 is 0 Å². The number of hydrogen-bond acceptors (Lipinski definition) is 2. The van der Waals surface area contributed by atoms with Gasteiger partial charge in [0.25, 0.3) is 0 Å². The summed E-state index contributed by atoms with van der Waals surface area (Å²) in [6.45, 7) is 2.15. The summed E-state index contributed by atoms with van der Waals surface area (Å²) in [5.74, 6) is 1.49. The van der Waals surface area contributed by atoms with Gasteiger partial charge < -0.3 is 4.42 Å². The van der Waals surface area contributed by atoms with E-state index in [2.05, 4.69) is 18.0 Å². The molecular weight excluding hydrogens is 198 g/mol. The highest BCUT2D eigenvalue weighted by molar-refractivity contribution is 5.54. The van der Waals surface area contributed by atoms with Gasteiger partial charge in [0.15, 0.2) is 0 Å². The van der Waals surface area contributed by atoms with Crippen molar-refractivity contribution in [3.05, 3.63) is 48.4 Å². The minimum atomic E-state index is 0.678. The van der Waals surface area contributed by atoms with Crippen LogP contribution in [0.25, 0.3) is 17.5 Å². The van der Waals surface area contributed by atoms with Crippen LogP contribution in [0, 0.1) is 0 Å². The fraction of sp³-hybridized carbons (Fsp3) is 0.214. The molecule has 1 aromatic carbocycles. The number of oxazole rings is 1. The summed E-state index contributed by atoms with van der Waals surface area (Å²) < 4.78 is 5.62. The molecule has 0 atom stereocenters. The van der Waals surface area contributed by atoms with Crippen molar-refractivity contribution in [3.63, 3.8) is 0 Å². The smallest absolute Gasteiger partial charge is 0.226 e. The van der Waals surface area contributed by atoms with Gasteiger partial charge in [-0.3, -0.25) is 0 Å². The SMILES string of the molecule is CCC/C=C/c1cnc(-c2ccccc2)o1. The van der Waals surface area contributed by atoms with Crippen molar-refractivity contribution in [1.29, 1.82) is 0 Å². The van der Waals surface area contributed by atoms with Gasteiger partial charge in [-0.05, 0) is 24.6 Å². The van der Waals surface area contributed by atoms with Crippen molar-refractivity contribution < 1.29 is 4.42 Å². The van der Waals surface area contributed by atoms with Crippen LogP contribution in [0.1, 0.15) is 25.5 Å². The van der Waals surface area contributed by atoms with Crippen LogP contribution in [-0.2, 0) is 0 Å². The lowest BCUT2D eigenvalue weighted by molar-refractivity contribution is 0.564. The van der Waals surface area contributed by atoms with Crippen molar-refractivity contribution in [2.24, 2.45) is 0 Å². The molecule has 0 radical (unpaired) electrons. The Hall–Kier alpha value is -1.83. The van der Waals surface area contributed by atoms with Crippen LogP contribution in [-0.4, -0.2) is 4.98 Å². The lowest BCUT2D eigenvalue weighted by atomic mass is 10.2. The molecule has 0 aliphatic carbocycles. The largest absolute Gasteiger partial charge is 0.437 e. The molecule has 1 heterocycles. The van der Waals surface area contributed by atoms with Crippen LogP contribution in [0.5, 0.6) is 0 Å². The monoisotopic (exact) mass is 213 g/mol. The van der Waals surface area contributed by atoms with Gasteiger partial charge in [-0.15, -0.1) is 0 Å². The molecule has 1 aromatic heterocycles. The first-order valence-electron chi connectivity index (χ1n) is 5.58. The highest BCUT2D eigenvalue weighted by Gasteiger charge is 2.03. The highest BCUT2D eigenvalue weighted by atomic mass is 16.4. The Morgan fingerprint density at radius 3 is 2.81 bits per heavy atom. The second-order valence-corrected chi connectivity index (χ2v) is 3.62. The average Bonchev–Trinajstić information content (AvgIpc) is 2.79. The fourth-order valence-electron chi connectivity index (χ4n) is 1.44. The second-order valence-electron chi connectivity index (χ2n) is 3.62. The van der Waals surface area contributed by atoms with E-state index in [1.54, 1.807) is 6.20 Å². The third-order valence-electron chi connectivity index (χ3n) is 2.28.